The van der Waals surface area contributed by atoms with Gasteiger partial charge >= 0.3 is 12.1 Å². The summed E-state index contributed by atoms with van der Waals surface area (Å²) in [6, 6.07) is 11.4. The Morgan fingerprint density at radius 3 is 2.48 bits per heavy atom. The summed E-state index contributed by atoms with van der Waals surface area (Å²) in [5, 5.41) is 8.60. The molecule has 2 aromatic rings. The average Bonchev–Trinajstić information content (AvgIpc) is 3.11. The van der Waals surface area contributed by atoms with E-state index in [1.807, 2.05) is 0 Å². The lowest BCUT2D eigenvalue weighted by molar-refractivity contribution is 0.187. The van der Waals surface area contributed by atoms with Crippen molar-refractivity contribution in [3.63, 3.8) is 0 Å². The largest absolute Gasteiger partial charge is 0.453 e. The second-order valence-electron chi connectivity index (χ2n) is 8.62. The number of amides is 3. The minimum atomic E-state index is -0.593. The summed E-state index contributed by atoms with van der Waals surface area (Å²) in [5.74, 6) is 0. The van der Waals surface area contributed by atoms with Crippen LogP contribution in [0.3, 0.4) is 0 Å². The third-order valence-corrected chi connectivity index (χ3v) is 5.43. The van der Waals surface area contributed by atoms with Crippen molar-refractivity contribution in [2.75, 3.05) is 24.8 Å². The van der Waals surface area contributed by atoms with Gasteiger partial charge in [-0.25, -0.2) is 9.59 Å². The molecule has 7 nitrogen and oxygen atoms in total. The smallest absolute Gasteiger partial charge is 0.411 e. The molecular weight excluding hydrogens is 392 g/mol. The molecule has 0 unspecified atom stereocenters. The van der Waals surface area contributed by atoms with E-state index < -0.39 is 6.09 Å². The molecule has 31 heavy (non-hydrogen) atoms. The van der Waals surface area contributed by atoms with Gasteiger partial charge in [0, 0.05) is 18.8 Å². The van der Waals surface area contributed by atoms with Gasteiger partial charge in [-0.15, -0.1) is 0 Å². The minimum Gasteiger partial charge on any atom is -0.453 e. The number of benzene rings is 2. The van der Waals surface area contributed by atoms with Crippen molar-refractivity contribution < 1.29 is 14.3 Å². The van der Waals surface area contributed by atoms with E-state index in [1.54, 1.807) is 31.5 Å². The molecule has 0 saturated carbocycles. The first-order valence-electron chi connectivity index (χ1n) is 10.3. The Morgan fingerprint density at radius 1 is 1.13 bits per heavy atom. The molecule has 0 fully saturated rings. The number of aryl methyl sites for hydroxylation is 1. The van der Waals surface area contributed by atoms with Gasteiger partial charge < -0.3 is 15.4 Å². The molecule has 0 aliphatic heterocycles. The highest BCUT2D eigenvalue weighted by Crippen LogP contribution is 2.34. The van der Waals surface area contributed by atoms with Crippen molar-refractivity contribution in [2.45, 2.75) is 45.1 Å². The highest BCUT2D eigenvalue weighted by Gasteiger charge is 2.26. The lowest BCUT2D eigenvalue weighted by Gasteiger charge is -2.21. The maximum absolute atomic E-state index is 12.8. The van der Waals surface area contributed by atoms with Gasteiger partial charge in [0.05, 0.1) is 24.5 Å². The molecule has 1 aliphatic rings. The van der Waals surface area contributed by atoms with E-state index in [0.717, 1.165) is 12.8 Å². The van der Waals surface area contributed by atoms with E-state index in [0.29, 0.717) is 16.9 Å². The van der Waals surface area contributed by atoms with Crippen LogP contribution in [0.5, 0.6) is 0 Å². The highest BCUT2D eigenvalue weighted by molar-refractivity contribution is 6.03. The summed E-state index contributed by atoms with van der Waals surface area (Å²) in [4.78, 5) is 28.4. The van der Waals surface area contributed by atoms with Crippen molar-refractivity contribution >= 4 is 29.7 Å². The third-order valence-electron chi connectivity index (χ3n) is 5.43. The monoisotopic (exact) mass is 422 g/mol. The number of nitrogens with one attached hydrogen (secondary N) is 3. The number of methoxy groups -OCH3 is 1. The highest BCUT2D eigenvalue weighted by atomic mass is 16.5. The number of carbonyl (C=O) groups excluding carboxylic acids is 2. The Kier molecular flexibility index (Phi) is 6.63. The van der Waals surface area contributed by atoms with Crippen LogP contribution in [0.15, 0.2) is 41.4 Å². The number of ether oxygens (including phenoxy) is 1. The van der Waals surface area contributed by atoms with E-state index >= 15 is 0 Å². The molecule has 0 saturated heterocycles. The van der Waals surface area contributed by atoms with Gasteiger partial charge in [0.15, 0.2) is 0 Å². The van der Waals surface area contributed by atoms with Gasteiger partial charge in [-0.05, 0) is 47.1 Å². The second kappa shape index (κ2) is 9.20. The van der Waals surface area contributed by atoms with E-state index in [1.165, 1.54) is 23.8 Å². The van der Waals surface area contributed by atoms with Gasteiger partial charge in [0.25, 0.3) is 0 Å². The number of fused-ring (bicyclic) bond motifs is 1. The van der Waals surface area contributed by atoms with Crippen LogP contribution in [-0.2, 0) is 16.6 Å². The average molecular weight is 423 g/mol. The molecule has 0 heterocycles. The first kappa shape index (κ1) is 22.3. The third kappa shape index (κ3) is 5.23. The van der Waals surface area contributed by atoms with E-state index in [4.69, 9.17) is 0 Å². The second-order valence-corrected chi connectivity index (χ2v) is 8.62. The predicted molar refractivity (Wildman–Crippen MR) is 124 cm³/mol. The molecular formula is C24H30N4O3. The van der Waals surface area contributed by atoms with E-state index in [2.05, 4.69) is 64.6 Å². The van der Waals surface area contributed by atoms with Crippen LogP contribution in [0, 0.1) is 0 Å². The van der Waals surface area contributed by atoms with Crippen molar-refractivity contribution in [1.29, 1.82) is 0 Å². The van der Waals surface area contributed by atoms with Gasteiger partial charge in [-0.2, -0.15) is 0 Å². The van der Waals surface area contributed by atoms with Crippen molar-refractivity contribution in [1.82, 2.24) is 5.32 Å². The Balaban J connectivity index is 1.75. The van der Waals surface area contributed by atoms with Crippen LogP contribution in [-0.4, -0.2) is 32.5 Å². The number of hydrogen-bond donors (Lipinski definition) is 3. The fraction of sp³-hybridized carbons (Fsp3) is 0.375. The van der Waals surface area contributed by atoms with Crippen molar-refractivity contribution in [2.24, 2.45) is 4.99 Å². The molecule has 1 atom stereocenters. The first-order chi connectivity index (χ1) is 14.7. The van der Waals surface area contributed by atoms with Crippen LogP contribution >= 0.6 is 0 Å². The van der Waals surface area contributed by atoms with Gasteiger partial charge in [-0.3, -0.25) is 10.3 Å². The molecule has 0 aromatic heterocycles. The molecule has 3 amide bonds. The zero-order chi connectivity index (χ0) is 22.6. The predicted octanol–water partition coefficient (Wildman–Crippen LogP) is 5.02. The van der Waals surface area contributed by atoms with Crippen LogP contribution < -0.4 is 16.0 Å². The number of aliphatic imine (C=N–C) groups is 1. The molecule has 1 aliphatic carbocycles. The van der Waals surface area contributed by atoms with Crippen molar-refractivity contribution in [3.8, 4) is 0 Å². The maximum atomic E-state index is 12.8. The summed E-state index contributed by atoms with van der Waals surface area (Å²) in [6.45, 7) is 6.60. The minimum absolute atomic E-state index is 0.0383. The molecule has 3 rings (SSSR count). The molecule has 0 radical (unpaired) electrons. The van der Waals surface area contributed by atoms with E-state index in [9.17, 15) is 9.59 Å². The van der Waals surface area contributed by atoms with Crippen LogP contribution in [0.1, 0.15) is 55.5 Å². The normalized spacial score (nSPS) is 15.5. The lowest BCUT2D eigenvalue weighted by Crippen LogP contribution is -2.32. The number of rotatable bonds is 4. The Bertz CT molecular complexity index is 1010. The number of hydrogen-bond acceptors (Lipinski definition) is 4. The summed E-state index contributed by atoms with van der Waals surface area (Å²) in [7, 11) is 2.92. The molecule has 7 heteroatoms. The maximum Gasteiger partial charge on any atom is 0.411 e. The quantitative estimate of drug-likeness (QED) is 0.604. The zero-order valence-electron chi connectivity index (χ0n) is 18.7. The van der Waals surface area contributed by atoms with Gasteiger partial charge in [0.1, 0.15) is 0 Å². The summed E-state index contributed by atoms with van der Waals surface area (Å²) >= 11 is 0. The number of anilines is 2. The Labute approximate surface area is 183 Å². The fourth-order valence-electron chi connectivity index (χ4n) is 3.76. The summed E-state index contributed by atoms with van der Waals surface area (Å²) < 4.78 is 4.67. The van der Waals surface area contributed by atoms with Crippen molar-refractivity contribution in [3.05, 3.63) is 58.7 Å². The topological polar surface area (TPSA) is 91.8 Å². The molecule has 0 bridgehead atoms. The summed E-state index contributed by atoms with van der Waals surface area (Å²) in [5.41, 5.74) is 5.48. The zero-order valence-corrected chi connectivity index (χ0v) is 18.7. The molecule has 3 N–H and O–H groups in total. The van der Waals surface area contributed by atoms with Crippen LogP contribution in [0.4, 0.5) is 21.0 Å². The fourth-order valence-corrected chi connectivity index (χ4v) is 3.76. The van der Waals surface area contributed by atoms with Crippen LogP contribution in [0.25, 0.3) is 0 Å². The van der Waals surface area contributed by atoms with Crippen LogP contribution in [0.2, 0.25) is 0 Å². The number of nitrogens with zero attached hydrogens (tertiary/aromatic N) is 1. The molecule has 164 valence electrons. The lowest BCUT2D eigenvalue weighted by atomic mass is 9.85. The van der Waals surface area contributed by atoms with Gasteiger partial charge in [-0.1, -0.05) is 45.0 Å². The van der Waals surface area contributed by atoms with E-state index in [-0.39, 0.29) is 17.5 Å². The molecule has 0 spiro atoms. The summed E-state index contributed by atoms with van der Waals surface area (Å²) in [6.07, 6.45) is 2.80. The van der Waals surface area contributed by atoms with Gasteiger partial charge in [0.2, 0.25) is 0 Å². The number of carbonyl (C=O) groups is 2. The standard InChI is InChI=1S/C24H30N4O3/c1-24(2,3)16-10-11-17-15(13-16)9-12-21(17)27-22(29)26-19-7-6-8-20(18(19)14-25-4)28-23(30)31-5/h6-8,10-11,13-14,21H,9,12H2,1-5H3,(H,28,30)(H2,26,27,29)/t21-/m0/s1. The SMILES string of the molecule is CN=Cc1c(NC(=O)N[C@H]2CCc3cc(C(C)(C)C)ccc32)cccc1NC(=O)OC. The molecule has 2 aromatic carbocycles. The Morgan fingerprint density at radius 2 is 1.84 bits per heavy atom. The number of urea groups is 1. The Hall–Kier alpha value is -3.35. The first-order valence-corrected chi connectivity index (χ1v) is 10.3.